The summed E-state index contributed by atoms with van der Waals surface area (Å²) in [6, 6.07) is 3.26. The molecule has 0 aliphatic carbocycles. The van der Waals surface area contributed by atoms with Gasteiger partial charge in [0, 0.05) is 12.4 Å². The van der Waals surface area contributed by atoms with Gasteiger partial charge in [0.2, 0.25) is 0 Å². The molecule has 2 heterocycles. The van der Waals surface area contributed by atoms with Crippen molar-refractivity contribution >= 4 is 27.5 Å². The van der Waals surface area contributed by atoms with E-state index in [0.29, 0.717) is 5.56 Å². The lowest BCUT2D eigenvalue weighted by molar-refractivity contribution is 0.0527. The molecule has 0 atom stereocenters. The molecule has 1 N–H and O–H groups in total. The number of anilines is 1. The largest absolute Gasteiger partial charge is 0.462 e. The van der Waals surface area contributed by atoms with Crippen LogP contribution in [0.1, 0.15) is 34.0 Å². The molecule has 0 radical (unpaired) electrons. The molecule has 0 fully saturated rings. The number of nitrogens with one attached hydrogen (secondary N) is 1. The normalized spacial score (nSPS) is 11.6. The molecule has 1 aromatic carbocycles. The van der Waals surface area contributed by atoms with Crippen LogP contribution in [0.25, 0.3) is 5.78 Å². The summed E-state index contributed by atoms with van der Waals surface area (Å²) >= 11 is 0. The second kappa shape index (κ2) is 6.95. The van der Waals surface area contributed by atoms with E-state index in [9.17, 15) is 13.2 Å². The molecule has 0 spiro atoms. The van der Waals surface area contributed by atoms with E-state index in [2.05, 4.69) is 19.8 Å². The van der Waals surface area contributed by atoms with Crippen molar-refractivity contribution in [2.45, 2.75) is 32.9 Å². The van der Waals surface area contributed by atoms with Gasteiger partial charge >= 0.3 is 5.97 Å². The fourth-order valence-electron chi connectivity index (χ4n) is 2.48. The van der Waals surface area contributed by atoms with Gasteiger partial charge in [-0.3, -0.25) is 4.72 Å². The molecule has 0 aliphatic rings. The van der Waals surface area contributed by atoms with Crippen LogP contribution >= 0.6 is 0 Å². The van der Waals surface area contributed by atoms with E-state index in [1.54, 1.807) is 32.3 Å². The fraction of sp³-hybridized carbons (Fsp3) is 0.294. The molecular weight excluding hydrogens is 370 g/mol. The van der Waals surface area contributed by atoms with Crippen molar-refractivity contribution in [2.24, 2.45) is 0 Å². The van der Waals surface area contributed by atoms with Crippen molar-refractivity contribution in [2.75, 3.05) is 11.3 Å². The Morgan fingerprint density at radius 2 is 2.00 bits per heavy atom. The second-order valence-electron chi connectivity index (χ2n) is 6.03. The topological polar surface area (TPSA) is 116 Å². The third-order valence-electron chi connectivity index (χ3n) is 4.01. The van der Waals surface area contributed by atoms with Crippen molar-refractivity contribution in [1.29, 1.82) is 0 Å². The highest BCUT2D eigenvalue weighted by Gasteiger charge is 2.25. The zero-order valence-corrected chi connectivity index (χ0v) is 16.2. The third kappa shape index (κ3) is 3.61. The standard InChI is InChI=1S/C17H19N5O4S/c1-5-26-15(23)13-7-6-11(3)12(4)14(13)21-27(24,25)17-19-16-18-8-10(2)9-22(16)20-17/h6-9,21H,5H2,1-4H3. The number of aryl methyl sites for hydroxylation is 2. The van der Waals surface area contributed by atoms with Gasteiger partial charge in [-0.15, -0.1) is 5.10 Å². The summed E-state index contributed by atoms with van der Waals surface area (Å²) in [5, 5.41) is 3.55. The van der Waals surface area contributed by atoms with E-state index < -0.39 is 21.1 Å². The van der Waals surface area contributed by atoms with E-state index in [4.69, 9.17) is 4.74 Å². The summed E-state index contributed by atoms with van der Waals surface area (Å²) in [4.78, 5) is 20.2. The van der Waals surface area contributed by atoms with E-state index >= 15 is 0 Å². The number of fused-ring (bicyclic) bond motifs is 1. The van der Waals surface area contributed by atoms with Gasteiger partial charge in [0.25, 0.3) is 21.0 Å². The Labute approximate surface area is 156 Å². The molecule has 0 amide bonds. The van der Waals surface area contributed by atoms with Crippen LogP contribution in [0.15, 0.2) is 29.7 Å². The summed E-state index contributed by atoms with van der Waals surface area (Å²) < 4.78 is 34.4. The molecular formula is C17H19N5O4S. The van der Waals surface area contributed by atoms with Crippen LogP contribution in [-0.2, 0) is 14.8 Å². The molecule has 0 aliphatic heterocycles. The molecule has 2 aromatic heterocycles. The summed E-state index contributed by atoms with van der Waals surface area (Å²) in [5.41, 5.74) is 2.52. The summed E-state index contributed by atoms with van der Waals surface area (Å²) in [6.07, 6.45) is 3.19. The van der Waals surface area contributed by atoms with Gasteiger partial charge < -0.3 is 4.74 Å². The predicted octanol–water partition coefficient (Wildman–Crippen LogP) is 2.03. The first kappa shape index (κ1) is 18.8. The number of nitrogens with zero attached hydrogens (tertiary/aromatic N) is 4. The Morgan fingerprint density at radius 3 is 2.70 bits per heavy atom. The Kier molecular flexibility index (Phi) is 4.83. The first-order chi connectivity index (χ1) is 12.7. The van der Waals surface area contributed by atoms with Gasteiger partial charge in [0.15, 0.2) is 0 Å². The van der Waals surface area contributed by atoms with Crippen molar-refractivity contribution in [3.05, 3.63) is 46.8 Å². The maximum Gasteiger partial charge on any atom is 0.340 e. The lowest BCUT2D eigenvalue weighted by atomic mass is 10.0. The molecule has 0 saturated heterocycles. The van der Waals surface area contributed by atoms with E-state index in [0.717, 1.165) is 11.1 Å². The molecule has 0 unspecified atom stereocenters. The molecule has 0 saturated carbocycles. The molecule has 9 nitrogen and oxygen atoms in total. The molecule has 0 bridgehead atoms. The Balaban J connectivity index is 2.06. The highest BCUT2D eigenvalue weighted by Crippen LogP contribution is 2.27. The van der Waals surface area contributed by atoms with Crippen LogP contribution < -0.4 is 4.72 Å². The minimum absolute atomic E-state index is 0.126. The average molecular weight is 389 g/mol. The molecule has 3 aromatic rings. The number of benzene rings is 1. The van der Waals surface area contributed by atoms with Gasteiger partial charge in [-0.2, -0.15) is 13.4 Å². The van der Waals surface area contributed by atoms with Crippen LogP contribution in [0.3, 0.4) is 0 Å². The number of rotatable bonds is 5. The van der Waals surface area contributed by atoms with Gasteiger partial charge in [-0.25, -0.2) is 14.3 Å². The highest BCUT2D eigenvalue weighted by atomic mass is 32.2. The number of carbonyl (C=O) groups is 1. The minimum Gasteiger partial charge on any atom is -0.462 e. The third-order valence-corrected chi connectivity index (χ3v) is 5.14. The zero-order chi connectivity index (χ0) is 19.8. The average Bonchev–Trinajstić information content (AvgIpc) is 3.03. The quantitative estimate of drug-likeness (QED) is 0.664. The van der Waals surface area contributed by atoms with Gasteiger partial charge in [-0.05, 0) is 50.5 Å². The molecule has 3 rings (SSSR count). The van der Waals surface area contributed by atoms with E-state index in [1.165, 1.54) is 10.6 Å². The fourth-order valence-corrected chi connectivity index (χ4v) is 3.50. The minimum atomic E-state index is -4.14. The summed E-state index contributed by atoms with van der Waals surface area (Å²) in [6.45, 7) is 7.20. The Hall–Kier alpha value is -3.01. The Morgan fingerprint density at radius 1 is 1.26 bits per heavy atom. The van der Waals surface area contributed by atoms with Gasteiger partial charge in [-0.1, -0.05) is 6.07 Å². The molecule has 27 heavy (non-hydrogen) atoms. The summed E-state index contributed by atoms with van der Waals surface area (Å²) in [5.74, 6) is -0.453. The van der Waals surface area contributed by atoms with Gasteiger partial charge in [0.1, 0.15) is 0 Å². The predicted molar refractivity (Wildman–Crippen MR) is 98.2 cm³/mol. The first-order valence-corrected chi connectivity index (χ1v) is 9.70. The molecule has 10 heteroatoms. The van der Waals surface area contributed by atoms with Crippen molar-refractivity contribution < 1.29 is 17.9 Å². The van der Waals surface area contributed by atoms with E-state index in [-0.39, 0.29) is 23.6 Å². The van der Waals surface area contributed by atoms with Crippen LogP contribution in [0.4, 0.5) is 5.69 Å². The number of hydrogen-bond acceptors (Lipinski definition) is 7. The summed E-state index contributed by atoms with van der Waals surface area (Å²) in [7, 11) is -4.14. The zero-order valence-electron chi connectivity index (χ0n) is 15.3. The number of hydrogen-bond donors (Lipinski definition) is 1. The van der Waals surface area contributed by atoms with Crippen LogP contribution in [0.5, 0.6) is 0 Å². The van der Waals surface area contributed by atoms with E-state index in [1.807, 2.05) is 13.8 Å². The first-order valence-electron chi connectivity index (χ1n) is 8.22. The number of sulfonamides is 1. The maximum absolute atomic E-state index is 12.8. The van der Waals surface area contributed by atoms with Crippen molar-refractivity contribution in [3.8, 4) is 0 Å². The number of aromatic nitrogens is 4. The maximum atomic E-state index is 12.8. The second-order valence-corrected chi connectivity index (χ2v) is 7.60. The van der Waals surface area contributed by atoms with Crippen LogP contribution in [0, 0.1) is 20.8 Å². The highest BCUT2D eigenvalue weighted by molar-refractivity contribution is 7.92. The van der Waals surface area contributed by atoms with Crippen LogP contribution in [0.2, 0.25) is 0 Å². The van der Waals surface area contributed by atoms with Crippen LogP contribution in [-0.4, -0.2) is 40.6 Å². The van der Waals surface area contributed by atoms with Crippen molar-refractivity contribution in [1.82, 2.24) is 19.6 Å². The SMILES string of the molecule is CCOC(=O)c1ccc(C)c(C)c1NS(=O)(=O)c1nc2ncc(C)cn2n1. The smallest absolute Gasteiger partial charge is 0.340 e. The number of esters is 1. The lowest BCUT2D eigenvalue weighted by Gasteiger charge is -2.15. The Bertz CT molecular complexity index is 1140. The van der Waals surface area contributed by atoms with Crippen molar-refractivity contribution in [3.63, 3.8) is 0 Å². The van der Waals surface area contributed by atoms with Gasteiger partial charge in [0.05, 0.1) is 17.9 Å². The molecule has 142 valence electrons. The number of ether oxygens (including phenoxy) is 1. The number of carbonyl (C=O) groups excluding carboxylic acids is 1. The lowest BCUT2D eigenvalue weighted by Crippen LogP contribution is -2.19. The monoisotopic (exact) mass is 389 g/mol.